The van der Waals surface area contributed by atoms with E-state index in [9.17, 15) is 14.4 Å². The summed E-state index contributed by atoms with van der Waals surface area (Å²) in [5.41, 5.74) is 3.87. The first-order chi connectivity index (χ1) is 11.3. The number of nitrogens with one attached hydrogen (secondary N) is 2. The summed E-state index contributed by atoms with van der Waals surface area (Å²) in [5, 5.41) is 5.37. The lowest BCUT2D eigenvalue weighted by atomic mass is 10.1. The van der Waals surface area contributed by atoms with Gasteiger partial charge < -0.3 is 10.6 Å². The maximum Gasteiger partial charge on any atom is 0.233 e. The molecule has 0 heterocycles. The van der Waals surface area contributed by atoms with Crippen molar-refractivity contribution >= 4 is 29.0 Å². The fourth-order valence-electron chi connectivity index (χ4n) is 2.29. The molecule has 0 bridgehead atoms. The van der Waals surface area contributed by atoms with Crippen LogP contribution in [0.15, 0.2) is 42.5 Å². The van der Waals surface area contributed by atoms with E-state index in [1.807, 2.05) is 32.0 Å². The van der Waals surface area contributed by atoms with Gasteiger partial charge in [0, 0.05) is 16.9 Å². The molecule has 0 aliphatic carbocycles. The van der Waals surface area contributed by atoms with Crippen LogP contribution in [0.1, 0.15) is 34.8 Å². The first-order valence-corrected chi connectivity index (χ1v) is 7.63. The zero-order chi connectivity index (χ0) is 17.7. The smallest absolute Gasteiger partial charge is 0.233 e. The van der Waals surface area contributed by atoms with Gasteiger partial charge in [0.2, 0.25) is 11.8 Å². The van der Waals surface area contributed by atoms with Crippen molar-refractivity contribution in [2.75, 3.05) is 10.6 Å². The predicted octanol–water partition coefficient (Wildman–Crippen LogP) is 3.47. The van der Waals surface area contributed by atoms with Crippen LogP contribution in [0.2, 0.25) is 0 Å². The number of Topliss-reactive ketones (excluding diaryl/α,β-unsaturated/α-hetero) is 1. The highest BCUT2D eigenvalue weighted by Crippen LogP contribution is 2.16. The van der Waals surface area contributed by atoms with Crippen LogP contribution < -0.4 is 10.6 Å². The van der Waals surface area contributed by atoms with E-state index in [2.05, 4.69) is 10.6 Å². The van der Waals surface area contributed by atoms with Crippen LogP contribution in [0, 0.1) is 13.8 Å². The summed E-state index contributed by atoms with van der Waals surface area (Å²) in [6.07, 6.45) is -0.276. The van der Waals surface area contributed by atoms with E-state index in [4.69, 9.17) is 0 Å². The maximum atomic E-state index is 12.0. The fourth-order valence-corrected chi connectivity index (χ4v) is 2.29. The third kappa shape index (κ3) is 4.78. The van der Waals surface area contributed by atoms with E-state index >= 15 is 0 Å². The lowest BCUT2D eigenvalue weighted by Gasteiger charge is -2.09. The number of aryl methyl sites for hydroxylation is 2. The molecule has 0 atom stereocenters. The topological polar surface area (TPSA) is 75.3 Å². The Labute approximate surface area is 141 Å². The number of hydrogen-bond donors (Lipinski definition) is 2. The van der Waals surface area contributed by atoms with Crippen molar-refractivity contribution in [3.05, 3.63) is 59.2 Å². The van der Waals surface area contributed by atoms with Crippen molar-refractivity contribution in [3.8, 4) is 0 Å². The molecular formula is C19H20N2O3. The molecule has 0 aliphatic heterocycles. The number of carbonyl (C=O) groups is 3. The summed E-state index contributed by atoms with van der Waals surface area (Å²) in [4.78, 5) is 35.1. The molecule has 0 saturated carbocycles. The third-order valence-electron chi connectivity index (χ3n) is 3.55. The van der Waals surface area contributed by atoms with Crippen molar-refractivity contribution in [1.29, 1.82) is 0 Å². The lowest BCUT2D eigenvalue weighted by Crippen LogP contribution is -2.21. The van der Waals surface area contributed by atoms with Crippen LogP contribution in [-0.2, 0) is 9.59 Å². The van der Waals surface area contributed by atoms with E-state index < -0.39 is 5.91 Å². The summed E-state index contributed by atoms with van der Waals surface area (Å²) in [5.74, 6) is -0.826. The Morgan fingerprint density at radius 2 is 1.50 bits per heavy atom. The molecule has 0 aliphatic rings. The van der Waals surface area contributed by atoms with Gasteiger partial charge in [-0.25, -0.2) is 0 Å². The van der Waals surface area contributed by atoms with Crippen LogP contribution in [0.5, 0.6) is 0 Å². The fraction of sp³-hybridized carbons (Fsp3) is 0.211. The molecule has 2 rings (SSSR count). The van der Waals surface area contributed by atoms with E-state index in [0.717, 1.165) is 11.1 Å². The zero-order valence-electron chi connectivity index (χ0n) is 14.0. The van der Waals surface area contributed by atoms with Crippen molar-refractivity contribution in [2.45, 2.75) is 27.2 Å². The van der Waals surface area contributed by atoms with E-state index in [1.54, 1.807) is 24.3 Å². The van der Waals surface area contributed by atoms with Gasteiger partial charge in [-0.15, -0.1) is 0 Å². The Kier molecular flexibility index (Phi) is 5.47. The van der Waals surface area contributed by atoms with Gasteiger partial charge in [-0.1, -0.05) is 17.7 Å². The predicted molar refractivity (Wildman–Crippen MR) is 94.2 cm³/mol. The Morgan fingerprint density at radius 1 is 0.875 bits per heavy atom. The van der Waals surface area contributed by atoms with E-state index in [-0.39, 0.29) is 18.1 Å². The summed E-state index contributed by atoms with van der Waals surface area (Å²) < 4.78 is 0. The molecule has 24 heavy (non-hydrogen) atoms. The lowest BCUT2D eigenvalue weighted by molar-refractivity contribution is -0.123. The zero-order valence-corrected chi connectivity index (χ0v) is 14.0. The largest absolute Gasteiger partial charge is 0.326 e. The molecular weight excluding hydrogens is 304 g/mol. The number of hydrogen-bond acceptors (Lipinski definition) is 3. The van der Waals surface area contributed by atoms with Gasteiger partial charge in [0.05, 0.1) is 0 Å². The second kappa shape index (κ2) is 7.55. The van der Waals surface area contributed by atoms with Crippen LogP contribution in [-0.4, -0.2) is 17.6 Å². The molecule has 5 nitrogen and oxygen atoms in total. The standard InChI is InChI=1S/C19H20N2O3/c1-12-4-9-17(13(2)10-12)21-19(24)11-18(23)20-16-7-5-15(6-8-16)14(3)22/h4-10H,11H2,1-3H3,(H,20,23)(H,21,24). The number of amides is 2. The molecule has 0 saturated heterocycles. The molecule has 0 aromatic heterocycles. The van der Waals surface area contributed by atoms with Crippen LogP contribution in [0.25, 0.3) is 0 Å². The number of benzene rings is 2. The van der Waals surface area contributed by atoms with Gasteiger partial charge in [0.1, 0.15) is 6.42 Å². The van der Waals surface area contributed by atoms with Gasteiger partial charge in [-0.3, -0.25) is 14.4 Å². The van der Waals surface area contributed by atoms with Crippen molar-refractivity contribution < 1.29 is 14.4 Å². The van der Waals surface area contributed by atoms with Crippen molar-refractivity contribution in [2.24, 2.45) is 0 Å². The Morgan fingerprint density at radius 3 is 2.08 bits per heavy atom. The van der Waals surface area contributed by atoms with Gasteiger partial charge in [0.25, 0.3) is 0 Å². The summed E-state index contributed by atoms with van der Waals surface area (Å²) >= 11 is 0. The maximum absolute atomic E-state index is 12.0. The highest BCUT2D eigenvalue weighted by atomic mass is 16.2. The Hall–Kier alpha value is -2.95. The molecule has 0 fully saturated rings. The van der Waals surface area contributed by atoms with Crippen LogP contribution >= 0.6 is 0 Å². The van der Waals surface area contributed by atoms with Crippen LogP contribution in [0.3, 0.4) is 0 Å². The summed E-state index contributed by atoms with van der Waals surface area (Å²) in [7, 11) is 0. The SMILES string of the molecule is CC(=O)c1ccc(NC(=O)CC(=O)Nc2ccc(C)cc2C)cc1. The van der Waals surface area contributed by atoms with E-state index in [1.165, 1.54) is 6.92 Å². The minimum atomic E-state index is -0.409. The number of carbonyl (C=O) groups excluding carboxylic acids is 3. The average Bonchev–Trinajstić information content (AvgIpc) is 2.50. The van der Waals surface area contributed by atoms with Crippen molar-refractivity contribution in [3.63, 3.8) is 0 Å². The third-order valence-corrected chi connectivity index (χ3v) is 3.55. The molecule has 0 spiro atoms. The highest BCUT2D eigenvalue weighted by Gasteiger charge is 2.11. The normalized spacial score (nSPS) is 10.1. The minimum Gasteiger partial charge on any atom is -0.326 e. The number of rotatable bonds is 5. The van der Waals surface area contributed by atoms with Gasteiger partial charge >= 0.3 is 0 Å². The molecule has 2 aromatic rings. The number of ketones is 1. The van der Waals surface area contributed by atoms with Gasteiger partial charge in [-0.05, 0) is 56.7 Å². The van der Waals surface area contributed by atoms with E-state index in [0.29, 0.717) is 16.9 Å². The summed E-state index contributed by atoms with van der Waals surface area (Å²) in [6, 6.07) is 12.2. The minimum absolute atomic E-state index is 0.0410. The first kappa shape index (κ1) is 17.4. The first-order valence-electron chi connectivity index (χ1n) is 7.63. The van der Waals surface area contributed by atoms with Gasteiger partial charge in [0.15, 0.2) is 5.78 Å². The monoisotopic (exact) mass is 324 g/mol. The molecule has 0 radical (unpaired) electrons. The quantitative estimate of drug-likeness (QED) is 0.653. The van der Waals surface area contributed by atoms with Gasteiger partial charge in [-0.2, -0.15) is 0 Å². The average molecular weight is 324 g/mol. The second-order valence-electron chi connectivity index (χ2n) is 5.73. The molecule has 0 unspecified atom stereocenters. The van der Waals surface area contributed by atoms with Crippen molar-refractivity contribution in [1.82, 2.24) is 0 Å². The van der Waals surface area contributed by atoms with Crippen LogP contribution in [0.4, 0.5) is 11.4 Å². The second-order valence-corrected chi connectivity index (χ2v) is 5.73. The summed E-state index contributed by atoms with van der Waals surface area (Å²) in [6.45, 7) is 5.35. The molecule has 124 valence electrons. The molecule has 2 aromatic carbocycles. The Balaban J connectivity index is 1.91. The highest BCUT2D eigenvalue weighted by molar-refractivity contribution is 6.08. The molecule has 2 N–H and O–H groups in total. The Bertz CT molecular complexity index is 780. The molecule has 5 heteroatoms. The molecule has 2 amide bonds. The number of anilines is 2.